The SMILES string of the molecule is O=C(N[C@@H]1[C@H]2Cc3ccccc3[C@H]21)C1CC(C2CC2)=NO1. The van der Waals surface area contributed by atoms with Crippen molar-refractivity contribution in [2.45, 2.75) is 43.7 Å². The molecule has 1 aliphatic heterocycles. The van der Waals surface area contributed by atoms with Gasteiger partial charge in [0.05, 0.1) is 5.71 Å². The Morgan fingerprint density at radius 2 is 2.10 bits per heavy atom. The van der Waals surface area contributed by atoms with Gasteiger partial charge in [-0.2, -0.15) is 0 Å². The molecule has 4 heteroatoms. The summed E-state index contributed by atoms with van der Waals surface area (Å²) in [5.74, 6) is 1.73. The van der Waals surface area contributed by atoms with E-state index in [4.69, 9.17) is 4.84 Å². The average Bonchev–Trinajstić information content (AvgIpc) is 3.36. The summed E-state index contributed by atoms with van der Waals surface area (Å²) in [6, 6.07) is 8.90. The topological polar surface area (TPSA) is 50.7 Å². The van der Waals surface area contributed by atoms with E-state index in [-0.39, 0.29) is 5.91 Å². The highest BCUT2D eigenvalue weighted by molar-refractivity contribution is 5.95. The second-order valence-corrected chi connectivity index (χ2v) is 6.78. The number of nitrogens with one attached hydrogen (secondary N) is 1. The van der Waals surface area contributed by atoms with Crippen molar-refractivity contribution in [3.63, 3.8) is 0 Å². The third kappa shape index (κ3) is 1.81. The van der Waals surface area contributed by atoms with Crippen molar-refractivity contribution in [1.29, 1.82) is 0 Å². The van der Waals surface area contributed by atoms with Gasteiger partial charge in [-0.1, -0.05) is 29.4 Å². The van der Waals surface area contributed by atoms with Crippen molar-refractivity contribution in [1.82, 2.24) is 5.32 Å². The molecule has 1 N–H and O–H groups in total. The number of hydrogen-bond donors (Lipinski definition) is 1. The Balaban J connectivity index is 1.22. The van der Waals surface area contributed by atoms with Gasteiger partial charge >= 0.3 is 0 Å². The number of rotatable bonds is 3. The number of fused-ring (bicyclic) bond motifs is 3. The molecule has 0 bridgehead atoms. The van der Waals surface area contributed by atoms with Crippen molar-refractivity contribution in [3.05, 3.63) is 35.4 Å². The van der Waals surface area contributed by atoms with Crippen LogP contribution in [0.3, 0.4) is 0 Å². The molecular weight excluding hydrogens is 264 g/mol. The minimum Gasteiger partial charge on any atom is -0.382 e. The smallest absolute Gasteiger partial charge is 0.264 e. The fourth-order valence-electron chi connectivity index (χ4n) is 4.00. The highest BCUT2D eigenvalue weighted by Gasteiger charge is 2.56. The molecule has 1 unspecified atom stereocenters. The Morgan fingerprint density at radius 1 is 1.24 bits per heavy atom. The molecule has 4 atom stereocenters. The lowest BCUT2D eigenvalue weighted by Crippen LogP contribution is -2.37. The number of hydrogen-bond acceptors (Lipinski definition) is 3. The Morgan fingerprint density at radius 3 is 2.95 bits per heavy atom. The van der Waals surface area contributed by atoms with Crippen LogP contribution in [-0.4, -0.2) is 23.8 Å². The standard InChI is InChI=1S/C17H18N2O2/c20-17(14-8-13(19-21-14)9-5-6-9)18-16-12-7-10-3-1-2-4-11(10)15(12)16/h1-4,9,12,14-16H,5-8H2,(H,18,20)/t12-,14?,15+,16+/m0/s1. The molecule has 3 aliphatic carbocycles. The third-order valence-corrected chi connectivity index (χ3v) is 5.38. The maximum Gasteiger partial charge on any atom is 0.264 e. The molecule has 0 aromatic heterocycles. The molecule has 0 saturated heterocycles. The maximum absolute atomic E-state index is 12.3. The molecule has 0 radical (unpaired) electrons. The fraction of sp³-hybridized carbons (Fsp3) is 0.529. The normalized spacial score (nSPS) is 35.5. The monoisotopic (exact) mass is 282 g/mol. The first-order valence-corrected chi connectivity index (χ1v) is 7.92. The van der Waals surface area contributed by atoms with Crippen LogP contribution in [0, 0.1) is 11.8 Å². The molecule has 1 amide bonds. The summed E-state index contributed by atoms with van der Waals surface area (Å²) in [7, 11) is 0. The number of nitrogens with zero attached hydrogens (tertiary/aromatic N) is 1. The van der Waals surface area contributed by atoms with Gasteiger partial charge in [0.2, 0.25) is 6.10 Å². The number of benzene rings is 1. The first-order chi connectivity index (χ1) is 10.3. The van der Waals surface area contributed by atoms with Crippen LogP contribution in [0.25, 0.3) is 0 Å². The molecule has 108 valence electrons. The second-order valence-electron chi connectivity index (χ2n) is 6.78. The van der Waals surface area contributed by atoms with E-state index in [1.54, 1.807) is 0 Å². The van der Waals surface area contributed by atoms with Crippen LogP contribution in [0.2, 0.25) is 0 Å². The number of carbonyl (C=O) groups excluding carboxylic acids is 1. The van der Waals surface area contributed by atoms with Gasteiger partial charge in [-0.15, -0.1) is 0 Å². The predicted molar refractivity (Wildman–Crippen MR) is 78.0 cm³/mol. The predicted octanol–water partition coefficient (Wildman–Crippen LogP) is 2.00. The van der Waals surface area contributed by atoms with Crippen LogP contribution in [0.4, 0.5) is 0 Å². The van der Waals surface area contributed by atoms with Gasteiger partial charge in [-0.05, 0) is 36.3 Å². The minimum absolute atomic E-state index is 0.0197. The van der Waals surface area contributed by atoms with E-state index < -0.39 is 6.10 Å². The van der Waals surface area contributed by atoms with Gasteiger partial charge < -0.3 is 10.2 Å². The van der Waals surface area contributed by atoms with Gasteiger partial charge in [0.25, 0.3) is 5.91 Å². The molecular formula is C17H18N2O2. The van der Waals surface area contributed by atoms with E-state index in [2.05, 4.69) is 34.7 Å². The van der Waals surface area contributed by atoms with Crippen LogP contribution in [-0.2, 0) is 16.1 Å². The average molecular weight is 282 g/mol. The van der Waals surface area contributed by atoms with Crippen molar-refractivity contribution < 1.29 is 9.63 Å². The van der Waals surface area contributed by atoms with Crippen LogP contribution >= 0.6 is 0 Å². The highest BCUT2D eigenvalue weighted by atomic mass is 16.6. The summed E-state index contributed by atoms with van der Waals surface area (Å²) in [5.41, 5.74) is 3.97. The molecule has 4 nitrogen and oxygen atoms in total. The molecule has 0 spiro atoms. The summed E-state index contributed by atoms with van der Waals surface area (Å²) < 4.78 is 0. The number of carbonyl (C=O) groups is 1. The Labute approximate surface area is 123 Å². The molecule has 1 aromatic rings. The number of amides is 1. The zero-order valence-electron chi connectivity index (χ0n) is 11.8. The first-order valence-electron chi connectivity index (χ1n) is 7.92. The summed E-state index contributed by atoms with van der Waals surface area (Å²) in [4.78, 5) is 17.6. The van der Waals surface area contributed by atoms with Gasteiger partial charge in [0.1, 0.15) is 0 Å². The summed E-state index contributed by atoms with van der Waals surface area (Å²) in [6.07, 6.45) is 3.81. The number of oxime groups is 1. The van der Waals surface area contributed by atoms with E-state index in [0.717, 1.165) is 12.1 Å². The second kappa shape index (κ2) is 4.09. The molecule has 2 fully saturated rings. The van der Waals surface area contributed by atoms with Crippen LogP contribution < -0.4 is 5.32 Å². The van der Waals surface area contributed by atoms with Crippen LogP contribution in [0.15, 0.2) is 29.4 Å². The van der Waals surface area contributed by atoms with Crippen LogP contribution in [0.5, 0.6) is 0 Å². The maximum atomic E-state index is 12.3. The molecule has 21 heavy (non-hydrogen) atoms. The molecule has 1 aromatic carbocycles. The van der Waals surface area contributed by atoms with E-state index in [0.29, 0.717) is 30.2 Å². The Hall–Kier alpha value is -1.84. The fourth-order valence-corrected chi connectivity index (χ4v) is 4.00. The lowest BCUT2D eigenvalue weighted by molar-refractivity contribution is -0.131. The summed E-state index contributed by atoms with van der Waals surface area (Å²) in [6.45, 7) is 0. The first kappa shape index (κ1) is 11.8. The van der Waals surface area contributed by atoms with Gasteiger partial charge in [0, 0.05) is 24.3 Å². The zero-order valence-corrected chi connectivity index (χ0v) is 11.8. The molecule has 1 heterocycles. The molecule has 4 aliphatic rings. The van der Waals surface area contributed by atoms with Crippen molar-refractivity contribution in [3.8, 4) is 0 Å². The van der Waals surface area contributed by atoms with E-state index in [1.807, 2.05) is 0 Å². The van der Waals surface area contributed by atoms with Crippen molar-refractivity contribution in [2.75, 3.05) is 0 Å². The quantitative estimate of drug-likeness (QED) is 0.922. The Kier molecular flexibility index (Phi) is 2.29. The zero-order chi connectivity index (χ0) is 14.0. The minimum atomic E-state index is -0.392. The van der Waals surface area contributed by atoms with E-state index >= 15 is 0 Å². The molecule has 5 rings (SSSR count). The van der Waals surface area contributed by atoms with Gasteiger partial charge in [-0.25, -0.2) is 0 Å². The Bertz CT molecular complexity index is 650. The van der Waals surface area contributed by atoms with Crippen molar-refractivity contribution in [2.24, 2.45) is 17.0 Å². The van der Waals surface area contributed by atoms with Gasteiger partial charge in [-0.3, -0.25) is 4.79 Å². The summed E-state index contributed by atoms with van der Waals surface area (Å²) >= 11 is 0. The largest absolute Gasteiger partial charge is 0.382 e. The third-order valence-electron chi connectivity index (χ3n) is 5.38. The molecule has 2 saturated carbocycles. The lowest BCUT2D eigenvalue weighted by atomic mass is 10.0. The van der Waals surface area contributed by atoms with E-state index in [1.165, 1.54) is 24.0 Å². The van der Waals surface area contributed by atoms with Crippen LogP contribution in [0.1, 0.15) is 36.3 Å². The van der Waals surface area contributed by atoms with Gasteiger partial charge in [0.15, 0.2) is 0 Å². The lowest BCUT2D eigenvalue weighted by Gasteiger charge is -2.12. The van der Waals surface area contributed by atoms with Crippen molar-refractivity contribution >= 4 is 11.6 Å². The highest BCUT2D eigenvalue weighted by Crippen LogP contribution is 2.56. The van der Waals surface area contributed by atoms with E-state index in [9.17, 15) is 4.79 Å². The summed E-state index contributed by atoms with van der Waals surface area (Å²) in [5, 5.41) is 7.27.